The van der Waals surface area contributed by atoms with Gasteiger partial charge in [-0.05, 0) is 67.5 Å². The molecule has 4 heterocycles. The zero-order chi connectivity index (χ0) is 30.8. The first-order valence-electron chi connectivity index (χ1n) is 15.0. The molecule has 1 fully saturated rings. The molecule has 1 unspecified atom stereocenters. The predicted octanol–water partition coefficient (Wildman–Crippen LogP) is 4.08. The van der Waals surface area contributed by atoms with Crippen molar-refractivity contribution < 1.29 is 19.4 Å². The number of carbonyl (C=O) groups is 2. The third-order valence-electron chi connectivity index (χ3n) is 8.49. The fourth-order valence-electron chi connectivity index (χ4n) is 6.03. The lowest BCUT2D eigenvalue weighted by atomic mass is 9.92. The molecule has 1 saturated heterocycles. The van der Waals surface area contributed by atoms with Crippen LogP contribution in [0.25, 0.3) is 22.4 Å². The van der Waals surface area contributed by atoms with Crippen molar-refractivity contribution >= 4 is 17.5 Å². The van der Waals surface area contributed by atoms with Crippen LogP contribution < -0.4 is 20.7 Å². The van der Waals surface area contributed by atoms with Crippen molar-refractivity contribution in [3.8, 4) is 28.3 Å². The van der Waals surface area contributed by atoms with Crippen molar-refractivity contribution in [2.45, 2.75) is 64.8 Å². The van der Waals surface area contributed by atoms with Crippen molar-refractivity contribution in [1.29, 1.82) is 0 Å². The van der Waals surface area contributed by atoms with E-state index >= 15 is 0 Å². The molecule has 228 valence electrons. The zero-order valence-electron chi connectivity index (χ0n) is 25.2. The molecule has 0 radical (unpaired) electrons. The molecule has 2 aliphatic rings. The summed E-state index contributed by atoms with van der Waals surface area (Å²) in [4.78, 5) is 34.1. The third kappa shape index (κ3) is 5.93. The van der Waals surface area contributed by atoms with Gasteiger partial charge in [-0.3, -0.25) is 19.3 Å². The summed E-state index contributed by atoms with van der Waals surface area (Å²) in [5, 5.41) is 24.0. The highest BCUT2D eigenvalue weighted by atomic mass is 16.5. The van der Waals surface area contributed by atoms with Gasteiger partial charge in [0, 0.05) is 43.3 Å². The predicted molar refractivity (Wildman–Crippen MR) is 166 cm³/mol. The van der Waals surface area contributed by atoms with Crippen molar-refractivity contribution in [1.82, 2.24) is 30.4 Å². The van der Waals surface area contributed by atoms with Gasteiger partial charge in [0.2, 0.25) is 11.8 Å². The largest absolute Gasteiger partial charge is 0.480 e. The average Bonchev–Trinajstić information content (AvgIpc) is 3.66. The number of aliphatic hydroxyl groups excluding tert-OH is 1. The second kappa shape index (κ2) is 12.6. The number of benzene rings is 2. The molecule has 0 aliphatic carbocycles. The van der Waals surface area contributed by atoms with E-state index in [4.69, 9.17) is 9.72 Å². The maximum Gasteiger partial charge on any atom is 0.276 e. The van der Waals surface area contributed by atoms with Crippen molar-refractivity contribution in [2.75, 3.05) is 19.0 Å². The number of nitrogens with zero attached hydrogens (tertiary/aromatic N) is 4. The van der Waals surface area contributed by atoms with Crippen molar-refractivity contribution in [3.63, 3.8) is 0 Å². The molecule has 2 aromatic carbocycles. The van der Waals surface area contributed by atoms with Crippen LogP contribution in [0.3, 0.4) is 0 Å². The van der Waals surface area contributed by atoms with E-state index in [-0.39, 0.29) is 17.9 Å². The molecule has 2 atom stereocenters. The summed E-state index contributed by atoms with van der Waals surface area (Å²) >= 11 is 0. The molecule has 2 aliphatic heterocycles. The molecule has 4 aromatic rings. The average molecular weight is 596 g/mol. The monoisotopic (exact) mass is 595 g/mol. The van der Waals surface area contributed by atoms with Gasteiger partial charge in [-0.2, -0.15) is 5.10 Å². The number of carbonyl (C=O) groups excluding carboxylic acids is 2. The number of rotatable bonds is 9. The quantitative estimate of drug-likeness (QED) is 0.227. The topological polar surface area (TPSA) is 143 Å². The fraction of sp³-hybridized carbons (Fsp3) is 0.364. The summed E-state index contributed by atoms with van der Waals surface area (Å²) in [5.74, 6) is 0.233. The highest BCUT2D eigenvalue weighted by Crippen LogP contribution is 2.36. The van der Waals surface area contributed by atoms with E-state index in [1.165, 1.54) is 0 Å². The maximum absolute atomic E-state index is 13.2. The van der Waals surface area contributed by atoms with E-state index in [9.17, 15) is 14.7 Å². The highest BCUT2D eigenvalue weighted by Gasteiger charge is 2.24. The minimum absolute atomic E-state index is 0.0943. The normalized spacial score (nSPS) is 17.7. The van der Waals surface area contributed by atoms with Crippen LogP contribution >= 0.6 is 0 Å². The number of fused-ring (bicyclic) bond motifs is 1. The van der Waals surface area contributed by atoms with Crippen LogP contribution in [0, 0.1) is 13.8 Å². The molecule has 6 rings (SSSR count). The zero-order valence-corrected chi connectivity index (χ0v) is 25.2. The fourth-order valence-corrected chi connectivity index (χ4v) is 6.03. The Hall–Kier alpha value is -4.61. The Labute approximate surface area is 256 Å². The van der Waals surface area contributed by atoms with Crippen LogP contribution in [0.4, 0.5) is 5.69 Å². The van der Waals surface area contributed by atoms with E-state index in [0.717, 1.165) is 40.7 Å². The van der Waals surface area contributed by atoms with E-state index in [1.807, 2.05) is 37.3 Å². The van der Waals surface area contributed by atoms with E-state index in [0.29, 0.717) is 66.8 Å². The van der Waals surface area contributed by atoms with Gasteiger partial charge >= 0.3 is 0 Å². The lowest BCUT2D eigenvalue weighted by molar-refractivity contribution is -0.119. The van der Waals surface area contributed by atoms with Gasteiger partial charge in [-0.15, -0.1) is 0 Å². The van der Waals surface area contributed by atoms with Gasteiger partial charge in [0.1, 0.15) is 5.69 Å². The van der Waals surface area contributed by atoms with Gasteiger partial charge in [-0.25, -0.2) is 4.98 Å². The number of hydrogen-bond acceptors (Lipinski definition) is 8. The van der Waals surface area contributed by atoms with Crippen LogP contribution in [0.2, 0.25) is 0 Å². The Balaban J connectivity index is 1.21. The number of ether oxygens (including phenoxy) is 1. The standard InChI is InChI=1S/C33H37N7O4/c1-19-22(23-8-5-10-25(20(23)2)37-32(43)26-15-29-30(41)11-6-14-40(29)39-26)7-4-9-24(19)27-18-35-28(33(38-27)44-3)17-34-16-21-12-13-31(42)36-21/h4-5,7-10,15,18,21,30,34,41H,6,11-14,16-17H2,1-3H3,(H,36,42)(H,37,43)/t21-,30?/m0/s1. The lowest BCUT2D eigenvalue weighted by Gasteiger charge is -2.18. The van der Waals surface area contributed by atoms with Crippen LogP contribution in [-0.4, -0.2) is 56.4 Å². The Morgan fingerprint density at radius 1 is 1.11 bits per heavy atom. The number of methoxy groups -OCH3 is 1. The molecule has 11 heteroatoms. The van der Waals surface area contributed by atoms with E-state index < -0.39 is 6.10 Å². The molecule has 4 N–H and O–H groups in total. The minimum atomic E-state index is -0.595. The van der Waals surface area contributed by atoms with Crippen LogP contribution in [0.5, 0.6) is 5.88 Å². The first-order valence-corrected chi connectivity index (χ1v) is 15.0. The number of hydrogen-bond donors (Lipinski definition) is 4. The summed E-state index contributed by atoms with van der Waals surface area (Å²) in [6.45, 7) is 5.87. The van der Waals surface area contributed by atoms with Gasteiger partial charge in [0.25, 0.3) is 5.91 Å². The van der Waals surface area contributed by atoms with Crippen LogP contribution in [0.1, 0.15) is 64.8 Å². The number of aliphatic hydroxyl groups is 1. The SMILES string of the molecule is COc1nc(-c2cccc(-c3cccc(NC(=O)c4cc5n(n4)CCCC5O)c3C)c2C)cnc1CNC[C@@H]1CCC(=O)N1. The molecule has 0 saturated carbocycles. The van der Waals surface area contributed by atoms with E-state index in [2.05, 4.69) is 39.0 Å². The van der Waals surface area contributed by atoms with E-state index in [1.54, 1.807) is 24.1 Å². The van der Waals surface area contributed by atoms with Gasteiger partial charge in [-0.1, -0.05) is 30.3 Å². The first-order chi connectivity index (χ1) is 21.3. The number of nitrogens with one attached hydrogen (secondary N) is 3. The Bertz CT molecular complexity index is 1720. The summed E-state index contributed by atoms with van der Waals surface area (Å²) in [5.41, 5.74) is 7.94. The lowest BCUT2D eigenvalue weighted by Crippen LogP contribution is -2.35. The Morgan fingerprint density at radius 3 is 2.64 bits per heavy atom. The van der Waals surface area contributed by atoms with Gasteiger partial charge in [0.05, 0.1) is 30.8 Å². The molecule has 0 spiro atoms. The molecule has 44 heavy (non-hydrogen) atoms. The molecular formula is C33H37N7O4. The maximum atomic E-state index is 13.2. The van der Waals surface area contributed by atoms with Crippen molar-refractivity contribution in [3.05, 3.63) is 76.9 Å². The highest BCUT2D eigenvalue weighted by molar-refractivity contribution is 6.04. The second-order valence-electron chi connectivity index (χ2n) is 11.4. The van der Waals surface area contributed by atoms with Crippen LogP contribution in [0.15, 0.2) is 48.7 Å². The molecule has 2 amide bonds. The number of aryl methyl sites for hydroxylation is 1. The molecule has 11 nitrogen and oxygen atoms in total. The Morgan fingerprint density at radius 2 is 1.89 bits per heavy atom. The minimum Gasteiger partial charge on any atom is -0.480 e. The summed E-state index contributed by atoms with van der Waals surface area (Å²) in [7, 11) is 1.59. The molecule has 2 aromatic heterocycles. The smallest absolute Gasteiger partial charge is 0.276 e. The number of anilines is 1. The summed E-state index contributed by atoms with van der Waals surface area (Å²) in [6.07, 6.45) is 4.07. The molecular weight excluding hydrogens is 558 g/mol. The Kier molecular flexibility index (Phi) is 8.40. The number of aromatic nitrogens is 4. The molecule has 0 bridgehead atoms. The summed E-state index contributed by atoms with van der Waals surface area (Å²) in [6, 6.07) is 13.7. The number of amides is 2. The first kappa shape index (κ1) is 29.5. The third-order valence-corrected chi connectivity index (χ3v) is 8.49. The van der Waals surface area contributed by atoms with Crippen molar-refractivity contribution in [2.24, 2.45) is 0 Å². The van der Waals surface area contributed by atoms with Gasteiger partial charge in [0.15, 0.2) is 5.69 Å². The second-order valence-corrected chi connectivity index (χ2v) is 11.4. The summed E-state index contributed by atoms with van der Waals surface area (Å²) < 4.78 is 7.32. The van der Waals surface area contributed by atoms with Crippen LogP contribution in [-0.2, 0) is 17.9 Å². The van der Waals surface area contributed by atoms with Gasteiger partial charge < -0.3 is 25.8 Å².